The van der Waals surface area contributed by atoms with Crippen LogP contribution in [0.2, 0.25) is 0 Å². The van der Waals surface area contributed by atoms with Crippen LogP contribution in [-0.2, 0) is 5.41 Å². The summed E-state index contributed by atoms with van der Waals surface area (Å²) in [5.41, 5.74) is 1.23. The molecule has 1 amide bonds. The van der Waals surface area contributed by atoms with Crippen LogP contribution in [0.3, 0.4) is 0 Å². The second-order valence-corrected chi connectivity index (χ2v) is 7.69. The number of hydrogen-bond acceptors (Lipinski definition) is 4. The van der Waals surface area contributed by atoms with Crippen LogP contribution in [0.4, 0.5) is 0 Å². The van der Waals surface area contributed by atoms with Crippen LogP contribution in [-0.4, -0.2) is 22.4 Å². The largest absolute Gasteiger partial charge is 0.442 e. The fourth-order valence-electron chi connectivity index (χ4n) is 3.65. The molecule has 0 bridgehead atoms. The van der Waals surface area contributed by atoms with Crippen LogP contribution in [0.5, 0.6) is 0 Å². The monoisotopic (exact) mass is 415 g/mol. The van der Waals surface area contributed by atoms with Crippen LogP contribution in [0, 0.1) is 6.92 Å². The van der Waals surface area contributed by atoms with Crippen LogP contribution in [0.15, 0.2) is 44.3 Å². The molecule has 0 aliphatic heterocycles. The van der Waals surface area contributed by atoms with E-state index in [-0.39, 0.29) is 33.5 Å². The molecule has 4 rings (SSSR count). The van der Waals surface area contributed by atoms with E-state index in [2.05, 4.69) is 43.3 Å². The molecule has 1 fully saturated rings. The Bertz CT molecular complexity index is 1050. The zero-order valence-electron chi connectivity index (χ0n) is 14.3. The van der Waals surface area contributed by atoms with Crippen molar-refractivity contribution in [2.24, 2.45) is 0 Å². The number of rotatable bonds is 4. The summed E-state index contributed by atoms with van der Waals surface area (Å²) >= 11 is 3.52. The lowest BCUT2D eigenvalue weighted by Crippen LogP contribution is -2.45. The molecule has 3 aromatic rings. The molecular weight excluding hydrogens is 398 g/mol. The van der Waals surface area contributed by atoms with E-state index in [1.807, 2.05) is 12.1 Å². The SMILES string of the molecule is Cc1oc2nc[nH]c(=O)c2c1C(=O)NCC1(c2cccc(Br)c2)CCC1. The number of aromatic nitrogens is 2. The molecule has 134 valence electrons. The van der Waals surface area contributed by atoms with E-state index in [0.29, 0.717) is 12.3 Å². The number of aromatic amines is 1. The summed E-state index contributed by atoms with van der Waals surface area (Å²) in [6.07, 6.45) is 4.46. The fraction of sp³-hybridized carbons (Fsp3) is 0.316. The molecule has 1 saturated carbocycles. The number of benzene rings is 1. The molecule has 26 heavy (non-hydrogen) atoms. The molecule has 6 nitrogen and oxygen atoms in total. The highest BCUT2D eigenvalue weighted by molar-refractivity contribution is 9.10. The van der Waals surface area contributed by atoms with Crippen molar-refractivity contribution in [1.82, 2.24) is 15.3 Å². The highest BCUT2D eigenvalue weighted by Crippen LogP contribution is 2.43. The lowest BCUT2D eigenvalue weighted by atomic mass is 9.64. The van der Waals surface area contributed by atoms with Gasteiger partial charge in [-0.05, 0) is 37.5 Å². The number of carbonyl (C=O) groups excluding carboxylic acids is 1. The Kier molecular flexibility index (Phi) is 4.19. The van der Waals surface area contributed by atoms with Crippen molar-refractivity contribution in [3.8, 4) is 0 Å². The molecule has 0 atom stereocenters. The van der Waals surface area contributed by atoms with Crippen molar-refractivity contribution < 1.29 is 9.21 Å². The van der Waals surface area contributed by atoms with Crippen LogP contribution >= 0.6 is 15.9 Å². The number of fused-ring (bicyclic) bond motifs is 1. The average Bonchev–Trinajstić information content (AvgIpc) is 2.91. The third-order valence-electron chi connectivity index (χ3n) is 5.23. The Hall–Kier alpha value is -2.41. The number of carbonyl (C=O) groups is 1. The van der Waals surface area contributed by atoms with Gasteiger partial charge in [-0.25, -0.2) is 4.98 Å². The van der Waals surface area contributed by atoms with E-state index in [1.54, 1.807) is 6.92 Å². The summed E-state index contributed by atoms with van der Waals surface area (Å²) < 4.78 is 6.51. The predicted molar refractivity (Wildman–Crippen MR) is 101 cm³/mol. The van der Waals surface area contributed by atoms with Crippen molar-refractivity contribution in [1.29, 1.82) is 0 Å². The molecular formula is C19H18BrN3O3. The minimum atomic E-state index is -0.373. The number of hydrogen-bond donors (Lipinski definition) is 2. The van der Waals surface area contributed by atoms with E-state index in [1.165, 1.54) is 11.9 Å². The van der Waals surface area contributed by atoms with Gasteiger partial charge in [-0.3, -0.25) is 9.59 Å². The highest BCUT2D eigenvalue weighted by atomic mass is 79.9. The molecule has 2 aromatic heterocycles. The van der Waals surface area contributed by atoms with Crippen molar-refractivity contribution in [2.75, 3.05) is 6.54 Å². The maximum Gasteiger partial charge on any atom is 0.262 e. The highest BCUT2D eigenvalue weighted by Gasteiger charge is 2.39. The minimum Gasteiger partial charge on any atom is -0.442 e. The van der Waals surface area contributed by atoms with Gasteiger partial charge in [0.2, 0.25) is 5.71 Å². The number of amides is 1. The Morgan fingerprint density at radius 1 is 1.42 bits per heavy atom. The summed E-state index contributed by atoms with van der Waals surface area (Å²) in [7, 11) is 0. The molecule has 7 heteroatoms. The molecule has 1 aliphatic rings. The number of nitrogens with one attached hydrogen (secondary N) is 2. The number of aryl methyl sites for hydroxylation is 1. The van der Waals surface area contributed by atoms with E-state index in [0.717, 1.165) is 23.7 Å². The van der Waals surface area contributed by atoms with Gasteiger partial charge in [0.25, 0.3) is 11.5 Å². The van der Waals surface area contributed by atoms with Gasteiger partial charge in [0.1, 0.15) is 11.1 Å². The van der Waals surface area contributed by atoms with E-state index in [4.69, 9.17) is 4.42 Å². The smallest absolute Gasteiger partial charge is 0.262 e. The van der Waals surface area contributed by atoms with Crippen LogP contribution in [0.25, 0.3) is 11.1 Å². The summed E-state index contributed by atoms with van der Waals surface area (Å²) in [6.45, 7) is 2.19. The number of nitrogens with zero attached hydrogens (tertiary/aromatic N) is 1. The molecule has 0 spiro atoms. The van der Waals surface area contributed by atoms with E-state index < -0.39 is 0 Å². The van der Waals surface area contributed by atoms with Gasteiger partial charge in [0, 0.05) is 16.4 Å². The van der Waals surface area contributed by atoms with E-state index >= 15 is 0 Å². The third kappa shape index (κ3) is 2.76. The van der Waals surface area contributed by atoms with Crippen molar-refractivity contribution in [3.63, 3.8) is 0 Å². The lowest BCUT2D eigenvalue weighted by Gasteiger charge is -2.42. The summed E-state index contributed by atoms with van der Waals surface area (Å²) in [6, 6.07) is 8.22. The summed E-state index contributed by atoms with van der Waals surface area (Å²) in [5, 5.41) is 3.21. The first-order valence-corrected chi connectivity index (χ1v) is 9.30. The molecule has 0 unspecified atom stereocenters. The van der Waals surface area contributed by atoms with Gasteiger partial charge in [0.05, 0.1) is 11.9 Å². The first-order chi connectivity index (χ1) is 12.5. The van der Waals surface area contributed by atoms with Crippen LogP contribution < -0.4 is 10.9 Å². The first-order valence-electron chi connectivity index (χ1n) is 8.51. The van der Waals surface area contributed by atoms with E-state index in [9.17, 15) is 9.59 Å². The molecule has 2 heterocycles. The second-order valence-electron chi connectivity index (χ2n) is 6.77. The molecule has 2 N–H and O–H groups in total. The van der Waals surface area contributed by atoms with Gasteiger partial charge >= 0.3 is 0 Å². The summed E-state index contributed by atoms with van der Waals surface area (Å²) in [4.78, 5) is 31.4. The Balaban J connectivity index is 1.61. The van der Waals surface area contributed by atoms with Crippen molar-refractivity contribution in [3.05, 3.63) is 62.3 Å². The average molecular weight is 416 g/mol. The maximum absolute atomic E-state index is 12.8. The maximum atomic E-state index is 12.8. The quantitative estimate of drug-likeness (QED) is 0.682. The molecule has 0 radical (unpaired) electrons. The van der Waals surface area contributed by atoms with Gasteiger partial charge < -0.3 is 14.7 Å². The number of H-pyrrole nitrogens is 1. The molecule has 1 aromatic carbocycles. The zero-order chi connectivity index (χ0) is 18.3. The van der Waals surface area contributed by atoms with Crippen molar-refractivity contribution in [2.45, 2.75) is 31.6 Å². The molecule has 1 aliphatic carbocycles. The Morgan fingerprint density at radius 3 is 2.92 bits per heavy atom. The topological polar surface area (TPSA) is 88.0 Å². The van der Waals surface area contributed by atoms with Gasteiger partial charge in [-0.1, -0.05) is 34.5 Å². The second kappa shape index (κ2) is 6.39. The normalized spacial score (nSPS) is 15.6. The third-order valence-corrected chi connectivity index (χ3v) is 5.73. The standard InChI is InChI=1S/C19H18BrN3O3/c1-11-14(15-17(25)22-10-23-18(15)26-11)16(24)21-9-19(6-3-7-19)12-4-2-5-13(20)8-12/h2,4-5,8,10H,3,6-7,9H2,1H3,(H,21,24)(H,22,23,25). The summed E-state index contributed by atoms with van der Waals surface area (Å²) in [5.74, 6) is 0.0906. The number of furan rings is 1. The van der Waals surface area contributed by atoms with Crippen LogP contribution in [0.1, 0.15) is 40.9 Å². The predicted octanol–water partition coefficient (Wildman–Crippen LogP) is 3.44. The van der Waals surface area contributed by atoms with Gasteiger partial charge in [-0.2, -0.15) is 0 Å². The Labute approximate surface area is 158 Å². The minimum absolute atomic E-state index is 0.0580. The molecule has 0 saturated heterocycles. The zero-order valence-corrected chi connectivity index (χ0v) is 15.9. The lowest BCUT2D eigenvalue weighted by molar-refractivity contribution is 0.0927. The van der Waals surface area contributed by atoms with Gasteiger partial charge in [0.15, 0.2) is 0 Å². The Morgan fingerprint density at radius 2 is 2.23 bits per heavy atom. The number of halogens is 1. The van der Waals surface area contributed by atoms with Gasteiger partial charge in [-0.15, -0.1) is 0 Å². The fourth-order valence-corrected chi connectivity index (χ4v) is 4.05. The van der Waals surface area contributed by atoms with Crippen molar-refractivity contribution >= 4 is 32.9 Å². The first kappa shape index (κ1) is 17.0.